The summed E-state index contributed by atoms with van der Waals surface area (Å²) >= 11 is 0. The van der Waals surface area contributed by atoms with E-state index in [4.69, 9.17) is 4.74 Å². The summed E-state index contributed by atoms with van der Waals surface area (Å²) in [6.45, 7) is 5.25. The van der Waals surface area contributed by atoms with Gasteiger partial charge in [-0.1, -0.05) is 0 Å². The summed E-state index contributed by atoms with van der Waals surface area (Å²) in [5, 5.41) is 6.75. The molecule has 64 valence electrons. The molecule has 0 radical (unpaired) electrons. The lowest BCUT2D eigenvalue weighted by Gasteiger charge is -2.29. The first-order chi connectivity index (χ1) is 5.47. The number of fused-ring (bicyclic) bond motifs is 1. The highest BCUT2D eigenvalue weighted by atomic mass is 16.5. The standard InChI is InChI=1S/C8H16N2O/c1-2-9-6-8-7(1)5-10-3-4-11-8/h7-10H,1-6H2/t7-,8-/m1/s1. The Morgan fingerprint density at radius 2 is 2.00 bits per heavy atom. The molecule has 2 aliphatic rings. The molecule has 0 aromatic carbocycles. The van der Waals surface area contributed by atoms with Gasteiger partial charge in [-0.3, -0.25) is 0 Å². The lowest BCUT2D eigenvalue weighted by Crippen LogP contribution is -2.43. The summed E-state index contributed by atoms with van der Waals surface area (Å²) in [6.07, 6.45) is 1.73. The number of piperidine rings is 1. The van der Waals surface area contributed by atoms with Crippen molar-refractivity contribution in [3.63, 3.8) is 0 Å². The van der Waals surface area contributed by atoms with E-state index in [1.54, 1.807) is 0 Å². The van der Waals surface area contributed by atoms with E-state index in [0.717, 1.165) is 38.7 Å². The molecule has 3 heteroatoms. The van der Waals surface area contributed by atoms with Crippen molar-refractivity contribution < 1.29 is 4.74 Å². The van der Waals surface area contributed by atoms with E-state index in [1.165, 1.54) is 6.42 Å². The molecular weight excluding hydrogens is 140 g/mol. The maximum atomic E-state index is 5.68. The zero-order chi connectivity index (χ0) is 7.52. The van der Waals surface area contributed by atoms with E-state index in [0.29, 0.717) is 6.10 Å². The number of hydrogen-bond donors (Lipinski definition) is 2. The summed E-state index contributed by atoms with van der Waals surface area (Å²) < 4.78 is 5.68. The molecular formula is C8H16N2O. The zero-order valence-corrected chi connectivity index (χ0v) is 6.81. The summed E-state index contributed by atoms with van der Waals surface area (Å²) in [5.74, 6) is 0.749. The Morgan fingerprint density at radius 3 is 3.00 bits per heavy atom. The highest BCUT2D eigenvalue weighted by molar-refractivity contribution is 4.81. The Bertz CT molecular complexity index is 115. The quantitative estimate of drug-likeness (QED) is 0.500. The normalized spacial score (nSPS) is 39.3. The second-order valence-corrected chi connectivity index (χ2v) is 3.37. The smallest absolute Gasteiger partial charge is 0.0740 e. The van der Waals surface area contributed by atoms with E-state index in [2.05, 4.69) is 10.6 Å². The molecule has 0 saturated carbocycles. The highest BCUT2D eigenvalue weighted by Gasteiger charge is 2.26. The SMILES string of the molecule is C1CO[C@@H]2CNCC[C@@H]2CN1. The first-order valence-corrected chi connectivity index (χ1v) is 4.50. The molecule has 2 N–H and O–H groups in total. The predicted octanol–water partition coefficient (Wildman–Crippen LogP) is -0.416. The number of hydrogen-bond acceptors (Lipinski definition) is 3. The van der Waals surface area contributed by atoms with Crippen LogP contribution in [-0.2, 0) is 4.74 Å². The van der Waals surface area contributed by atoms with Gasteiger partial charge in [-0.15, -0.1) is 0 Å². The lowest BCUT2D eigenvalue weighted by molar-refractivity contribution is 0.0179. The third-order valence-electron chi connectivity index (χ3n) is 2.58. The molecule has 2 atom stereocenters. The fraction of sp³-hybridized carbons (Fsp3) is 1.00. The van der Waals surface area contributed by atoms with Crippen molar-refractivity contribution in [3.05, 3.63) is 0 Å². The molecule has 0 amide bonds. The molecule has 0 unspecified atom stereocenters. The first kappa shape index (κ1) is 7.53. The molecule has 3 nitrogen and oxygen atoms in total. The second-order valence-electron chi connectivity index (χ2n) is 3.37. The average molecular weight is 156 g/mol. The summed E-state index contributed by atoms with van der Waals surface area (Å²) in [5.41, 5.74) is 0. The number of rotatable bonds is 0. The molecule has 0 aromatic rings. The molecule has 2 heterocycles. The van der Waals surface area contributed by atoms with Crippen LogP contribution < -0.4 is 10.6 Å². The Kier molecular flexibility index (Phi) is 2.41. The van der Waals surface area contributed by atoms with Gasteiger partial charge in [0.1, 0.15) is 0 Å². The van der Waals surface area contributed by atoms with Gasteiger partial charge in [-0.25, -0.2) is 0 Å². The van der Waals surface area contributed by atoms with Crippen molar-refractivity contribution in [1.82, 2.24) is 10.6 Å². The van der Waals surface area contributed by atoms with Crippen LogP contribution in [0.1, 0.15) is 6.42 Å². The Balaban J connectivity index is 1.93. The minimum Gasteiger partial charge on any atom is -0.375 e. The molecule has 2 rings (SSSR count). The summed E-state index contributed by atoms with van der Waals surface area (Å²) in [4.78, 5) is 0. The lowest BCUT2D eigenvalue weighted by atomic mass is 9.95. The van der Waals surface area contributed by atoms with Crippen LogP contribution >= 0.6 is 0 Å². The predicted molar refractivity (Wildman–Crippen MR) is 43.6 cm³/mol. The van der Waals surface area contributed by atoms with Gasteiger partial charge in [-0.2, -0.15) is 0 Å². The van der Waals surface area contributed by atoms with Crippen molar-refractivity contribution in [2.75, 3.05) is 32.8 Å². The largest absolute Gasteiger partial charge is 0.375 e. The van der Waals surface area contributed by atoms with E-state index in [-0.39, 0.29) is 0 Å². The van der Waals surface area contributed by atoms with Crippen molar-refractivity contribution in [2.24, 2.45) is 5.92 Å². The Hall–Kier alpha value is -0.120. The highest BCUT2D eigenvalue weighted by Crippen LogP contribution is 2.16. The van der Waals surface area contributed by atoms with Gasteiger partial charge in [0.2, 0.25) is 0 Å². The molecule has 2 fully saturated rings. The average Bonchev–Trinajstić information content (AvgIpc) is 2.28. The molecule has 0 bridgehead atoms. The molecule has 11 heavy (non-hydrogen) atoms. The monoisotopic (exact) mass is 156 g/mol. The van der Waals surface area contributed by atoms with Crippen LogP contribution in [0.4, 0.5) is 0 Å². The van der Waals surface area contributed by atoms with Gasteiger partial charge in [0.05, 0.1) is 12.7 Å². The van der Waals surface area contributed by atoms with Crippen LogP contribution in [0.15, 0.2) is 0 Å². The Labute approximate surface area is 67.5 Å². The van der Waals surface area contributed by atoms with Crippen LogP contribution in [0, 0.1) is 5.92 Å². The van der Waals surface area contributed by atoms with Gasteiger partial charge >= 0.3 is 0 Å². The third-order valence-corrected chi connectivity index (χ3v) is 2.58. The molecule has 0 spiro atoms. The molecule has 2 aliphatic heterocycles. The fourth-order valence-electron chi connectivity index (χ4n) is 1.88. The van der Waals surface area contributed by atoms with Crippen molar-refractivity contribution in [1.29, 1.82) is 0 Å². The van der Waals surface area contributed by atoms with Gasteiger partial charge in [-0.05, 0) is 13.0 Å². The number of nitrogens with one attached hydrogen (secondary N) is 2. The van der Waals surface area contributed by atoms with Crippen LogP contribution in [0.5, 0.6) is 0 Å². The zero-order valence-electron chi connectivity index (χ0n) is 6.81. The minimum absolute atomic E-state index is 0.471. The van der Waals surface area contributed by atoms with Crippen molar-refractivity contribution in [2.45, 2.75) is 12.5 Å². The fourth-order valence-corrected chi connectivity index (χ4v) is 1.88. The second kappa shape index (κ2) is 3.52. The minimum atomic E-state index is 0.471. The van der Waals surface area contributed by atoms with E-state index >= 15 is 0 Å². The summed E-state index contributed by atoms with van der Waals surface area (Å²) in [7, 11) is 0. The van der Waals surface area contributed by atoms with Crippen LogP contribution in [-0.4, -0.2) is 38.9 Å². The Morgan fingerprint density at radius 1 is 1.09 bits per heavy atom. The van der Waals surface area contributed by atoms with Crippen LogP contribution in [0.2, 0.25) is 0 Å². The van der Waals surface area contributed by atoms with E-state index in [1.807, 2.05) is 0 Å². The van der Waals surface area contributed by atoms with Gasteiger partial charge in [0.15, 0.2) is 0 Å². The van der Waals surface area contributed by atoms with Crippen LogP contribution in [0.3, 0.4) is 0 Å². The van der Waals surface area contributed by atoms with Gasteiger partial charge < -0.3 is 15.4 Å². The molecule has 0 aliphatic carbocycles. The topological polar surface area (TPSA) is 33.3 Å². The number of ether oxygens (including phenoxy) is 1. The molecule has 2 saturated heterocycles. The van der Waals surface area contributed by atoms with Gasteiger partial charge in [0, 0.05) is 25.6 Å². The van der Waals surface area contributed by atoms with Crippen molar-refractivity contribution in [3.8, 4) is 0 Å². The van der Waals surface area contributed by atoms with Crippen molar-refractivity contribution >= 4 is 0 Å². The molecule has 0 aromatic heterocycles. The van der Waals surface area contributed by atoms with E-state index in [9.17, 15) is 0 Å². The maximum Gasteiger partial charge on any atom is 0.0740 e. The summed E-state index contributed by atoms with van der Waals surface area (Å²) in [6, 6.07) is 0. The van der Waals surface area contributed by atoms with Gasteiger partial charge in [0.25, 0.3) is 0 Å². The maximum absolute atomic E-state index is 5.68. The third kappa shape index (κ3) is 1.72. The van der Waals surface area contributed by atoms with Crippen LogP contribution in [0.25, 0.3) is 0 Å². The van der Waals surface area contributed by atoms with E-state index < -0.39 is 0 Å². The first-order valence-electron chi connectivity index (χ1n) is 4.50.